The summed E-state index contributed by atoms with van der Waals surface area (Å²) in [6, 6.07) is 5.82. The molecule has 2 fully saturated rings. The van der Waals surface area contributed by atoms with Gasteiger partial charge >= 0.3 is 0 Å². The molecule has 3 heterocycles. The third-order valence-corrected chi connectivity index (χ3v) is 4.68. The lowest BCUT2D eigenvalue weighted by molar-refractivity contribution is -0.181. The fourth-order valence-corrected chi connectivity index (χ4v) is 3.41. The summed E-state index contributed by atoms with van der Waals surface area (Å²) in [5.74, 6) is -0.354. The fourth-order valence-electron chi connectivity index (χ4n) is 3.41. The predicted molar refractivity (Wildman–Crippen MR) is 92.3 cm³/mol. The number of carbonyl (C=O) groups excluding carboxylic acids is 1. The van der Waals surface area contributed by atoms with E-state index in [9.17, 15) is 4.79 Å². The second-order valence-corrected chi connectivity index (χ2v) is 6.05. The summed E-state index contributed by atoms with van der Waals surface area (Å²) in [6.45, 7) is 7.50. The van der Waals surface area contributed by atoms with Crippen LogP contribution in [0.5, 0.6) is 0 Å². The largest absolute Gasteiger partial charge is 0.347 e. The van der Waals surface area contributed by atoms with Gasteiger partial charge in [-0.15, -0.1) is 0 Å². The Labute approximate surface area is 143 Å². The Morgan fingerprint density at radius 2 is 1.88 bits per heavy atom. The Balaban J connectivity index is 0.000000815. The number of benzene rings is 1. The number of nitrogens with zero attached hydrogens (tertiary/aromatic N) is 2. The van der Waals surface area contributed by atoms with E-state index in [4.69, 9.17) is 9.47 Å². The molecular weight excluding hydrogens is 304 g/mol. The van der Waals surface area contributed by atoms with Crippen LogP contribution in [0.3, 0.4) is 0 Å². The Bertz CT molecular complexity index is 698. The van der Waals surface area contributed by atoms with Gasteiger partial charge in [-0.25, -0.2) is 0 Å². The molecule has 0 bridgehead atoms. The van der Waals surface area contributed by atoms with Gasteiger partial charge in [0.15, 0.2) is 5.79 Å². The molecule has 0 radical (unpaired) electrons. The first-order chi connectivity index (χ1) is 11.8. The number of piperidine rings is 1. The minimum Gasteiger partial charge on any atom is -0.347 e. The maximum Gasteiger partial charge on any atom is 0.253 e. The molecule has 1 amide bonds. The summed E-state index contributed by atoms with van der Waals surface area (Å²) in [7, 11) is 0. The Kier molecular flexibility index (Phi) is 5.31. The molecule has 0 aromatic heterocycles. The SMILES string of the molecule is CC.O=C(c1ccc2c(c1)=NCCC=2)N1CCC2(CC1)OCCO2. The second-order valence-electron chi connectivity index (χ2n) is 6.05. The predicted octanol–water partition coefficient (Wildman–Crippen LogP) is 1.50. The molecule has 0 N–H and O–H groups in total. The van der Waals surface area contributed by atoms with E-state index in [0.29, 0.717) is 26.3 Å². The first-order valence-corrected chi connectivity index (χ1v) is 8.98. The van der Waals surface area contributed by atoms with Crippen LogP contribution >= 0.6 is 0 Å². The maximum absolute atomic E-state index is 12.7. The van der Waals surface area contributed by atoms with E-state index in [1.165, 1.54) is 0 Å². The topological polar surface area (TPSA) is 51.1 Å². The van der Waals surface area contributed by atoms with Crippen molar-refractivity contribution in [3.63, 3.8) is 0 Å². The molecule has 2 saturated heterocycles. The molecule has 1 aromatic rings. The zero-order valence-corrected chi connectivity index (χ0v) is 14.6. The van der Waals surface area contributed by atoms with E-state index >= 15 is 0 Å². The van der Waals surface area contributed by atoms with E-state index in [0.717, 1.165) is 41.9 Å². The van der Waals surface area contributed by atoms with Crippen LogP contribution in [0.4, 0.5) is 0 Å². The molecule has 24 heavy (non-hydrogen) atoms. The third kappa shape index (κ3) is 3.37. The molecule has 3 aliphatic heterocycles. The number of carbonyl (C=O) groups is 1. The van der Waals surface area contributed by atoms with Gasteiger partial charge in [0, 0.05) is 38.0 Å². The van der Waals surface area contributed by atoms with E-state index in [1.54, 1.807) is 0 Å². The van der Waals surface area contributed by atoms with Crippen molar-refractivity contribution >= 4 is 12.0 Å². The molecular formula is C19H26N2O3. The number of fused-ring (bicyclic) bond motifs is 1. The molecule has 130 valence electrons. The van der Waals surface area contributed by atoms with Gasteiger partial charge in [-0.3, -0.25) is 9.79 Å². The molecule has 4 rings (SSSR count). The van der Waals surface area contributed by atoms with Gasteiger partial charge in [-0.05, 0) is 23.8 Å². The zero-order valence-electron chi connectivity index (χ0n) is 14.6. The number of hydrogen-bond acceptors (Lipinski definition) is 4. The van der Waals surface area contributed by atoms with Crippen LogP contribution in [-0.4, -0.2) is 49.4 Å². The number of rotatable bonds is 1. The lowest BCUT2D eigenvalue weighted by Gasteiger charge is -2.37. The van der Waals surface area contributed by atoms with Gasteiger partial charge in [0.1, 0.15) is 0 Å². The minimum atomic E-state index is -0.434. The molecule has 1 spiro atoms. The van der Waals surface area contributed by atoms with Gasteiger partial charge in [0.25, 0.3) is 5.91 Å². The van der Waals surface area contributed by atoms with Crippen LogP contribution in [-0.2, 0) is 9.47 Å². The molecule has 0 aliphatic carbocycles. The summed E-state index contributed by atoms with van der Waals surface area (Å²) in [5.41, 5.74) is 0.724. The number of likely N-dealkylation sites (tertiary alicyclic amines) is 1. The summed E-state index contributed by atoms with van der Waals surface area (Å²) < 4.78 is 11.4. The van der Waals surface area contributed by atoms with Gasteiger partial charge in [-0.1, -0.05) is 26.0 Å². The van der Waals surface area contributed by atoms with Crippen LogP contribution in [0.25, 0.3) is 6.08 Å². The lowest BCUT2D eigenvalue weighted by Crippen LogP contribution is -2.47. The number of hydrogen-bond donors (Lipinski definition) is 0. The van der Waals surface area contributed by atoms with E-state index in [2.05, 4.69) is 11.1 Å². The van der Waals surface area contributed by atoms with E-state index in [1.807, 2.05) is 36.9 Å². The molecule has 5 nitrogen and oxygen atoms in total. The summed E-state index contributed by atoms with van der Waals surface area (Å²) in [5, 5.41) is 2.07. The van der Waals surface area contributed by atoms with Crippen molar-refractivity contribution in [3.8, 4) is 0 Å². The molecule has 5 heteroatoms. The van der Waals surface area contributed by atoms with Crippen molar-refractivity contribution in [3.05, 3.63) is 34.3 Å². The van der Waals surface area contributed by atoms with Crippen molar-refractivity contribution in [2.45, 2.75) is 38.9 Å². The Hall–Kier alpha value is -1.72. The molecule has 1 aromatic carbocycles. The third-order valence-electron chi connectivity index (χ3n) is 4.68. The highest BCUT2D eigenvalue weighted by atomic mass is 16.7. The zero-order chi connectivity index (χ0) is 17.0. The van der Waals surface area contributed by atoms with E-state index < -0.39 is 5.79 Å². The highest BCUT2D eigenvalue weighted by Gasteiger charge is 2.40. The van der Waals surface area contributed by atoms with Gasteiger partial charge in [-0.2, -0.15) is 0 Å². The standard InChI is InChI=1S/C17H20N2O3.C2H6/c20-16(14-4-3-13-2-1-7-18-15(13)12-14)19-8-5-17(6-9-19)21-10-11-22-17;1-2/h2-4,12H,1,5-11H2;1-2H3. The average Bonchev–Trinajstić information content (AvgIpc) is 3.11. The first-order valence-electron chi connectivity index (χ1n) is 8.98. The van der Waals surface area contributed by atoms with Gasteiger partial charge in [0.05, 0.1) is 18.6 Å². The summed E-state index contributed by atoms with van der Waals surface area (Å²) in [6.07, 6.45) is 4.66. The molecule has 0 unspecified atom stereocenters. The van der Waals surface area contributed by atoms with Gasteiger partial charge < -0.3 is 14.4 Å². The average molecular weight is 330 g/mol. The van der Waals surface area contributed by atoms with Crippen molar-refractivity contribution < 1.29 is 14.3 Å². The van der Waals surface area contributed by atoms with Crippen LogP contribution in [0.2, 0.25) is 0 Å². The molecule has 0 saturated carbocycles. The van der Waals surface area contributed by atoms with E-state index in [-0.39, 0.29) is 5.91 Å². The quantitative estimate of drug-likeness (QED) is 0.784. The highest BCUT2D eigenvalue weighted by Crippen LogP contribution is 2.31. The van der Waals surface area contributed by atoms with Crippen molar-refractivity contribution in [1.82, 2.24) is 4.90 Å². The van der Waals surface area contributed by atoms with Crippen LogP contribution in [0.1, 0.15) is 43.5 Å². The number of amides is 1. The maximum atomic E-state index is 12.7. The van der Waals surface area contributed by atoms with Crippen LogP contribution in [0, 0.1) is 0 Å². The summed E-state index contributed by atoms with van der Waals surface area (Å²) >= 11 is 0. The molecule has 0 atom stereocenters. The van der Waals surface area contributed by atoms with Crippen molar-refractivity contribution in [2.75, 3.05) is 32.8 Å². The first kappa shape index (κ1) is 17.1. The van der Waals surface area contributed by atoms with Crippen molar-refractivity contribution in [1.29, 1.82) is 0 Å². The monoisotopic (exact) mass is 330 g/mol. The Morgan fingerprint density at radius 3 is 2.58 bits per heavy atom. The van der Waals surface area contributed by atoms with Crippen LogP contribution in [0.15, 0.2) is 23.2 Å². The highest BCUT2D eigenvalue weighted by molar-refractivity contribution is 5.94. The summed E-state index contributed by atoms with van der Waals surface area (Å²) in [4.78, 5) is 19.1. The minimum absolute atomic E-state index is 0.0800. The second kappa shape index (κ2) is 7.45. The van der Waals surface area contributed by atoms with Crippen molar-refractivity contribution in [2.24, 2.45) is 4.99 Å². The van der Waals surface area contributed by atoms with Crippen LogP contribution < -0.4 is 10.6 Å². The lowest BCUT2D eigenvalue weighted by atomic mass is 10.0. The normalized spacial score (nSPS) is 21.2. The smallest absolute Gasteiger partial charge is 0.253 e. The molecule has 3 aliphatic rings. The van der Waals surface area contributed by atoms with Gasteiger partial charge in [0.2, 0.25) is 0 Å². The Morgan fingerprint density at radius 1 is 1.17 bits per heavy atom. The fraction of sp³-hybridized carbons (Fsp3) is 0.579. The number of ether oxygens (including phenoxy) is 2.